The molecule has 2 aromatic heterocycles. The molecular weight excluding hydrogens is 428 g/mol. The van der Waals surface area contributed by atoms with Crippen LogP contribution in [-0.2, 0) is 16.1 Å². The Labute approximate surface area is 190 Å². The minimum Gasteiger partial charge on any atom is -0.462 e. The van der Waals surface area contributed by atoms with E-state index in [1.165, 1.54) is 29.5 Å². The molecule has 1 aliphatic rings. The molecule has 162 valence electrons. The minimum absolute atomic E-state index is 0.00776. The van der Waals surface area contributed by atoms with Gasteiger partial charge in [0.05, 0.1) is 11.1 Å². The molecule has 0 N–H and O–H groups in total. The smallest absolute Gasteiger partial charge is 0.316 e. The van der Waals surface area contributed by atoms with Crippen molar-refractivity contribution in [2.45, 2.75) is 50.4 Å². The summed E-state index contributed by atoms with van der Waals surface area (Å²) < 4.78 is 7.26. The normalized spacial score (nSPS) is 18.7. The average Bonchev–Trinajstić information content (AvgIpc) is 3.19. The van der Waals surface area contributed by atoms with Crippen molar-refractivity contribution in [2.75, 3.05) is 5.75 Å². The number of rotatable bonds is 7. The number of hydrogen-bond acceptors (Lipinski definition) is 6. The Kier molecular flexibility index (Phi) is 6.92. The highest BCUT2D eigenvalue weighted by atomic mass is 32.2. The fourth-order valence-electron chi connectivity index (χ4n) is 4.07. The maximum atomic E-state index is 13.3. The molecule has 1 fully saturated rings. The molecule has 5 nitrogen and oxygen atoms in total. The van der Waals surface area contributed by atoms with Crippen molar-refractivity contribution >= 4 is 39.3 Å². The second-order valence-corrected chi connectivity index (χ2v) is 9.77. The van der Waals surface area contributed by atoms with E-state index in [9.17, 15) is 9.59 Å². The molecule has 0 saturated heterocycles. The summed E-state index contributed by atoms with van der Waals surface area (Å²) in [5.41, 5.74) is 1.77. The average molecular weight is 455 g/mol. The van der Waals surface area contributed by atoms with Crippen LogP contribution in [0.25, 0.3) is 21.3 Å². The first-order valence-electron chi connectivity index (χ1n) is 10.6. The van der Waals surface area contributed by atoms with Gasteiger partial charge in [0.15, 0.2) is 5.16 Å². The maximum Gasteiger partial charge on any atom is 0.316 e. The molecule has 1 saturated carbocycles. The second-order valence-electron chi connectivity index (χ2n) is 7.97. The lowest BCUT2D eigenvalue weighted by molar-refractivity contribution is -0.147. The first-order chi connectivity index (χ1) is 15.1. The van der Waals surface area contributed by atoms with Crippen LogP contribution in [0.5, 0.6) is 0 Å². The lowest BCUT2D eigenvalue weighted by Gasteiger charge is -2.26. The predicted molar refractivity (Wildman–Crippen MR) is 128 cm³/mol. The van der Waals surface area contributed by atoms with Gasteiger partial charge in [0.1, 0.15) is 10.9 Å². The summed E-state index contributed by atoms with van der Waals surface area (Å²) in [5, 5.41) is 3.11. The predicted octanol–water partition coefficient (Wildman–Crippen LogP) is 5.53. The Balaban J connectivity index is 1.57. The number of carbonyl (C=O) groups excluding carboxylic acids is 1. The molecule has 2 heterocycles. The Morgan fingerprint density at radius 1 is 1.35 bits per heavy atom. The zero-order chi connectivity index (χ0) is 21.8. The number of thioether (sulfide) groups is 1. The number of nitrogens with zero attached hydrogens (tertiary/aromatic N) is 2. The van der Waals surface area contributed by atoms with E-state index in [0.717, 1.165) is 30.4 Å². The summed E-state index contributed by atoms with van der Waals surface area (Å²) in [7, 11) is 0. The van der Waals surface area contributed by atoms with E-state index in [-0.39, 0.29) is 23.4 Å². The molecule has 0 amide bonds. The largest absolute Gasteiger partial charge is 0.462 e. The monoisotopic (exact) mass is 454 g/mol. The third-order valence-corrected chi connectivity index (χ3v) is 7.38. The molecule has 0 spiro atoms. The number of fused-ring (bicyclic) bond motifs is 1. The van der Waals surface area contributed by atoms with Crippen LogP contribution in [0.1, 0.15) is 32.6 Å². The van der Waals surface area contributed by atoms with Crippen molar-refractivity contribution in [3.63, 3.8) is 0 Å². The van der Waals surface area contributed by atoms with E-state index in [0.29, 0.717) is 27.8 Å². The Morgan fingerprint density at radius 2 is 2.16 bits per heavy atom. The van der Waals surface area contributed by atoms with Crippen LogP contribution in [0.2, 0.25) is 0 Å². The van der Waals surface area contributed by atoms with Gasteiger partial charge in [0.2, 0.25) is 0 Å². The molecule has 7 heteroatoms. The Hall–Kier alpha value is -2.38. The van der Waals surface area contributed by atoms with Crippen molar-refractivity contribution in [3.05, 3.63) is 58.7 Å². The van der Waals surface area contributed by atoms with Gasteiger partial charge in [-0.25, -0.2) is 4.98 Å². The van der Waals surface area contributed by atoms with E-state index >= 15 is 0 Å². The Morgan fingerprint density at radius 3 is 2.90 bits per heavy atom. The van der Waals surface area contributed by atoms with Gasteiger partial charge >= 0.3 is 5.97 Å². The summed E-state index contributed by atoms with van der Waals surface area (Å²) >= 11 is 2.70. The number of esters is 1. The van der Waals surface area contributed by atoms with Gasteiger partial charge in [0, 0.05) is 17.5 Å². The van der Waals surface area contributed by atoms with Gasteiger partial charge in [-0.05, 0) is 30.7 Å². The number of ether oxygens (including phenoxy) is 1. The van der Waals surface area contributed by atoms with Gasteiger partial charge in [-0.3, -0.25) is 14.2 Å². The summed E-state index contributed by atoms with van der Waals surface area (Å²) in [6.07, 6.45) is 5.85. The zero-order valence-electron chi connectivity index (χ0n) is 17.6. The molecule has 0 radical (unpaired) electrons. The highest BCUT2D eigenvalue weighted by molar-refractivity contribution is 7.99. The fraction of sp³-hybridized carbons (Fsp3) is 0.375. The highest BCUT2D eigenvalue weighted by Gasteiger charge is 2.23. The van der Waals surface area contributed by atoms with E-state index in [1.54, 1.807) is 10.6 Å². The molecule has 2 atom stereocenters. The second kappa shape index (κ2) is 9.83. The molecule has 3 aromatic rings. The van der Waals surface area contributed by atoms with E-state index < -0.39 is 0 Å². The SMILES string of the molecule is C=CCn1c(SCC(=O)OC2CCCC(C)C2)nc2scc(-c3ccccc3)c2c1=O. The molecule has 0 aliphatic heterocycles. The van der Waals surface area contributed by atoms with Gasteiger partial charge in [-0.2, -0.15) is 0 Å². The quantitative estimate of drug-likeness (QED) is 0.203. The number of hydrogen-bond donors (Lipinski definition) is 0. The summed E-state index contributed by atoms with van der Waals surface area (Å²) in [6, 6.07) is 9.84. The van der Waals surface area contributed by atoms with Crippen LogP contribution < -0.4 is 5.56 Å². The summed E-state index contributed by atoms with van der Waals surface area (Å²) in [6.45, 7) is 6.32. The van der Waals surface area contributed by atoms with Crippen LogP contribution in [0.15, 0.2) is 58.3 Å². The topological polar surface area (TPSA) is 61.2 Å². The van der Waals surface area contributed by atoms with Crippen molar-refractivity contribution in [1.82, 2.24) is 9.55 Å². The van der Waals surface area contributed by atoms with E-state index in [1.807, 2.05) is 35.7 Å². The molecule has 1 aliphatic carbocycles. The third-order valence-electron chi connectivity index (χ3n) is 5.56. The van der Waals surface area contributed by atoms with Crippen LogP contribution in [0.3, 0.4) is 0 Å². The summed E-state index contributed by atoms with van der Waals surface area (Å²) in [4.78, 5) is 31.2. The molecule has 1 aromatic carbocycles. The number of allylic oxidation sites excluding steroid dienone is 1. The van der Waals surface area contributed by atoms with Gasteiger partial charge < -0.3 is 4.74 Å². The molecule has 2 unspecified atom stereocenters. The number of carbonyl (C=O) groups is 1. The molecule has 4 rings (SSSR count). The van der Waals surface area contributed by atoms with Crippen molar-refractivity contribution in [3.8, 4) is 11.1 Å². The van der Waals surface area contributed by atoms with Crippen LogP contribution >= 0.6 is 23.1 Å². The standard InChI is InChI=1S/C24H26N2O3S2/c1-3-12-26-23(28)21-19(17-9-5-4-6-10-17)14-30-22(21)25-24(26)31-15-20(27)29-18-11-7-8-16(2)13-18/h3-6,9-10,14,16,18H,1,7-8,11-13,15H2,2H3. The molecule has 31 heavy (non-hydrogen) atoms. The summed E-state index contributed by atoms with van der Waals surface area (Å²) in [5.74, 6) is 0.482. The first-order valence-corrected chi connectivity index (χ1v) is 12.4. The van der Waals surface area contributed by atoms with Gasteiger partial charge in [-0.1, -0.05) is 61.5 Å². The van der Waals surface area contributed by atoms with Crippen LogP contribution in [0.4, 0.5) is 0 Å². The maximum absolute atomic E-state index is 13.3. The van der Waals surface area contributed by atoms with Crippen LogP contribution in [-0.4, -0.2) is 27.4 Å². The van der Waals surface area contributed by atoms with Crippen molar-refractivity contribution in [2.24, 2.45) is 5.92 Å². The van der Waals surface area contributed by atoms with Gasteiger partial charge in [0.25, 0.3) is 5.56 Å². The lowest BCUT2D eigenvalue weighted by atomic mass is 9.89. The lowest BCUT2D eigenvalue weighted by Crippen LogP contribution is -2.26. The zero-order valence-corrected chi connectivity index (χ0v) is 19.2. The molecular formula is C24H26N2O3S2. The van der Waals surface area contributed by atoms with Gasteiger partial charge in [-0.15, -0.1) is 17.9 Å². The van der Waals surface area contributed by atoms with E-state index in [2.05, 4.69) is 13.5 Å². The first kappa shape index (κ1) is 21.8. The fourth-order valence-corrected chi connectivity index (χ4v) is 5.84. The van der Waals surface area contributed by atoms with Crippen molar-refractivity contribution < 1.29 is 9.53 Å². The third kappa shape index (κ3) is 4.93. The Bertz CT molecular complexity index is 1140. The van der Waals surface area contributed by atoms with Crippen molar-refractivity contribution in [1.29, 1.82) is 0 Å². The minimum atomic E-state index is -0.250. The number of benzene rings is 1. The number of aromatic nitrogens is 2. The van der Waals surface area contributed by atoms with E-state index in [4.69, 9.17) is 9.72 Å². The highest BCUT2D eigenvalue weighted by Crippen LogP contribution is 2.32. The number of thiophene rings is 1. The van der Waals surface area contributed by atoms with Crippen LogP contribution in [0, 0.1) is 5.92 Å². The molecule has 0 bridgehead atoms.